The molecule has 0 aromatic heterocycles. The first-order chi connectivity index (χ1) is 7.63. The number of nitrogens with one attached hydrogen (secondary N) is 1. The predicted octanol–water partition coefficient (Wildman–Crippen LogP) is 3.06. The average Bonchev–Trinajstić information content (AvgIpc) is 2.27. The Bertz CT molecular complexity index is 336. The molecule has 0 fully saturated rings. The molecule has 0 aliphatic carbocycles. The van der Waals surface area contributed by atoms with Crippen LogP contribution in [0.25, 0.3) is 0 Å². The van der Waals surface area contributed by atoms with Gasteiger partial charge in [-0.05, 0) is 24.7 Å². The lowest BCUT2D eigenvalue weighted by molar-refractivity contribution is 0.197. The Morgan fingerprint density at radius 2 is 2.19 bits per heavy atom. The number of halogens is 2. The van der Waals surface area contributed by atoms with E-state index in [-0.39, 0.29) is 6.10 Å². The molecule has 0 heterocycles. The summed E-state index contributed by atoms with van der Waals surface area (Å²) in [6.07, 6.45) is -0.375. The zero-order valence-electron chi connectivity index (χ0n) is 9.04. The van der Waals surface area contributed by atoms with Crippen LogP contribution in [-0.4, -0.2) is 30.1 Å². The van der Waals surface area contributed by atoms with Gasteiger partial charge < -0.3 is 10.4 Å². The second kappa shape index (κ2) is 7.41. The molecule has 0 saturated heterocycles. The predicted molar refractivity (Wildman–Crippen MR) is 71.7 cm³/mol. The monoisotopic (exact) mass is 279 g/mol. The highest BCUT2D eigenvalue weighted by atomic mass is 35.5. The largest absolute Gasteiger partial charge is 0.391 e. The number of benzene rings is 1. The van der Waals surface area contributed by atoms with Crippen molar-refractivity contribution in [2.24, 2.45) is 0 Å². The van der Waals surface area contributed by atoms with Crippen LogP contribution in [0.5, 0.6) is 0 Å². The van der Waals surface area contributed by atoms with Gasteiger partial charge in [-0.3, -0.25) is 0 Å². The van der Waals surface area contributed by atoms with E-state index in [1.807, 2.05) is 13.0 Å². The van der Waals surface area contributed by atoms with Crippen molar-refractivity contribution in [2.45, 2.75) is 17.9 Å². The van der Waals surface area contributed by atoms with Gasteiger partial charge in [0.25, 0.3) is 0 Å². The Balaban J connectivity index is 2.44. The summed E-state index contributed by atoms with van der Waals surface area (Å²) in [7, 11) is 0. The highest BCUT2D eigenvalue weighted by Gasteiger charge is 2.07. The molecule has 0 bridgehead atoms. The van der Waals surface area contributed by atoms with Crippen molar-refractivity contribution in [1.29, 1.82) is 0 Å². The van der Waals surface area contributed by atoms with Crippen molar-refractivity contribution in [3.8, 4) is 0 Å². The molecule has 0 aliphatic rings. The summed E-state index contributed by atoms with van der Waals surface area (Å²) in [5, 5.41) is 14.1. The Labute approximate surface area is 110 Å². The minimum absolute atomic E-state index is 0.375. The summed E-state index contributed by atoms with van der Waals surface area (Å²) < 4.78 is 0. The van der Waals surface area contributed by atoms with E-state index < -0.39 is 0 Å². The second-order valence-electron chi connectivity index (χ2n) is 3.35. The van der Waals surface area contributed by atoms with Crippen LogP contribution in [0.1, 0.15) is 6.92 Å². The molecule has 1 rings (SSSR count). The normalized spacial score (nSPS) is 12.8. The fraction of sp³-hybridized carbons (Fsp3) is 0.455. The van der Waals surface area contributed by atoms with Gasteiger partial charge in [0.1, 0.15) is 0 Å². The lowest BCUT2D eigenvalue weighted by Gasteiger charge is -2.11. The zero-order chi connectivity index (χ0) is 12.0. The lowest BCUT2D eigenvalue weighted by atomic mass is 10.4. The Kier molecular flexibility index (Phi) is 6.54. The maximum absolute atomic E-state index is 9.64. The molecule has 2 N–H and O–H groups in total. The smallest absolute Gasteiger partial charge is 0.0758 e. The SMILES string of the molecule is CCNCC(O)CSc1cc(Cl)ccc1Cl. The van der Waals surface area contributed by atoms with Crippen molar-refractivity contribution in [2.75, 3.05) is 18.8 Å². The maximum atomic E-state index is 9.64. The highest BCUT2D eigenvalue weighted by molar-refractivity contribution is 7.99. The molecule has 1 aromatic carbocycles. The van der Waals surface area contributed by atoms with E-state index in [2.05, 4.69) is 5.32 Å². The Hall–Kier alpha value is 0.0700. The van der Waals surface area contributed by atoms with Crippen LogP contribution in [0.4, 0.5) is 0 Å². The number of hydrogen-bond acceptors (Lipinski definition) is 3. The van der Waals surface area contributed by atoms with E-state index in [0.29, 0.717) is 22.3 Å². The summed E-state index contributed by atoms with van der Waals surface area (Å²) in [5.74, 6) is 0.604. The van der Waals surface area contributed by atoms with Gasteiger partial charge in [-0.1, -0.05) is 30.1 Å². The molecular formula is C11H15Cl2NOS. The molecule has 0 spiro atoms. The van der Waals surface area contributed by atoms with Gasteiger partial charge >= 0.3 is 0 Å². The van der Waals surface area contributed by atoms with E-state index in [1.165, 1.54) is 11.8 Å². The molecule has 0 aliphatic heterocycles. The van der Waals surface area contributed by atoms with Crippen LogP contribution < -0.4 is 5.32 Å². The van der Waals surface area contributed by atoms with Gasteiger partial charge in [0.05, 0.1) is 11.1 Å². The third-order valence-corrected chi connectivity index (χ3v) is 3.83. The van der Waals surface area contributed by atoms with Crippen LogP contribution in [0, 0.1) is 0 Å². The minimum Gasteiger partial charge on any atom is -0.391 e. The highest BCUT2D eigenvalue weighted by Crippen LogP contribution is 2.30. The van der Waals surface area contributed by atoms with E-state index >= 15 is 0 Å². The van der Waals surface area contributed by atoms with Crippen LogP contribution in [0.3, 0.4) is 0 Å². The Morgan fingerprint density at radius 1 is 1.44 bits per heavy atom. The quantitative estimate of drug-likeness (QED) is 0.785. The number of aliphatic hydroxyl groups is 1. The third kappa shape index (κ3) is 4.93. The van der Waals surface area contributed by atoms with Crippen LogP contribution in [0.2, 0.25) is 10.0 Å². The van der Waals surface area contributed by atoms with E-state index in [0.717, 1.165) is 11.4 Å². The van der Waals surface area contributed by atoms with Gasteiger partial charge in [0, 0.05) is 22.2 Å². The molecule has 1 atom stereocenters. The van der Waals surface area contributed by atoms with Crippen molar-refractivity contribution in [3.63, 3.8) is 0 Å². The zero-order valence-corrected chi connectivity index (χ0v) is 11.4. The van der Waals surface area contributed by atoms with E-state index in [1.54, 1.807) is 12.1 Å². The lowest BCUT2D eigenvalue weighted by Crippen LogP contribution is -2.28. The van der Waals surface area contributed by atoms with Crippen LogP contribution in [0.15, 0.2) is 23.1 Å². The first-order valence-electron chi connectivity index (χ1n) is 5.10. The molecule has 5 heteroatoms. The van der Waals surface area contributed by atoms with Crippen molar-refractivity contribution in [3.05, 3.63) is 28.2 Å². The molecule has 90 valence electrons. The fourth-order valence-corrected chi connectivity index (χ4v) is 2.57. The van der Waals surface area contributed by atoms with Gasteiger partial charge in [-0.25, -0.2) is 0 Å². The summed E-state index contributed by atoms with van der Waals surface area (Å²) in [6, 6.07) is 5.33. The number of aliphatic hydroxyl groups excluding tert-OH is 1. The van der Waals surface area contributed by atoms with Crippen LogP contribution >= 0.6 is 35.0 Å². The van der Waals surface area contributed by atoms with Gasteiger partial charge in [0.2, 0.25) is 0 Å². The fourth-order valence-electron chi connectivity index (χ4n) is 1.14. The number of thioether (sulfide) groups is 1. The number of hydrogen-bond donors (Lipinski definition) is 2. The summed E-state index contributed by atoms with van der Waals surface area (Å²) in [5.41, 5.74) is 0. The third-order valence-electron chi connectivity index (χ3n) is 1.95. The molecule has 0 radical (unpaired) electrons. The topological polar surface area (TPSA) is 32.3 Å². The maximum Gasteiger partial charge on any atom is 0.0758 e. The second-order valence-corrected chi connectivity index (χ2v) is 5.25. The molecule has 0 saturated carbocycles. The summed E-state index contributed by atoms with van der Waals surface area (Å²) in [4.78, 5) is 0.907. The summed E-state index contributed by atoms with van der Waals surface area (Å²) in [6.45, 7) is 3.47. The number of likely N-dealkylation sites (N-methyl/N-ethyl adjacent to an activating group) is 1. The molecular weight excluding hydrogens is 265 g/mol. The van der Waals surface area contributed by atoms with E-state index in [4.69, 9.17) is 23.2 Å². The molecule has 16 heavy (non-hydrogen) atoms. The van der Waals surface area contributed by atoms with Gasteiger partial charge in [0.15, 0.2) is 0 Å². The van der Waals surface area contributed by atoms with Gasteiger partial charge in [-0.15, -0.1) is 11.8 Å². The van der Waals surface area contributed by atoms with Gasteiger partial charge in [-0.2, -0.15) is 0 Å². The first-order valence-corrected chi connectivity index (χ1v) is 6.84. The minimum atomic E-state index is -0.375. The standard InChI is InChI=1S/C11H15Cl2NOS/c1-2-14-6-9(15)7-16-11-5-8(12)3-4-10(11)13/h3-5,9,14-15H,2,6-7H2,1H3. The van der Waals surface area contributed by atoms with Crippen molar-refractivity contribution in [1.82, 2.24) is 5.32 Å². The molecule has 0 amide bonds. The van der Waals surface area contributed by atoms with Crippen molar-refractivity contribution < 1.29 is 5.11 Å². The van der Waals surface area contributed by atoms with Crippen molar-refractivity contribution >= 4 is 35.0 Å². The van der Waals surface area contributed by atoms with Crippen LogP contribution in [-0.2, 0) is 0 Å². The first kappa shape index (κ1) is 14.1. The van der Waals surface area contributed by atoms with E-state index in [9.17, 15) is 5.11 Å². The Morgan fingerprint density at radius 3 is 2.88 bits per heavy atom. The molecule has 1 aromatic rings. The molecule has 2 nitrogen and oxygen atoms in total. The molecule has 1 unspecified atom stereocenters. The average molecular weight is 280 g/mol. The number of rotatable bonds is 6. The summed E-state index contributed by atoms with van der Waals surface area (Å²) >= 11 is 13.4.